The van der Waals surface area contributed by atoms with Gasteiger partial charge in [-0.15, -0.1) is 0 Å². The van der Waals surface area contributed by atoms with Gasteiger partial charge in [-0.3, -0.25) is 0 Å². The summed E-state index contributed by atoms with van der Waals surface area (Å²) in [5, 5.41) is 9.13. The summed E-state index contributed by atoms with van der Waals surface area (Å²) in [6.07, 6.45) is -0.383. The number of fused-ring (bicyclic) bond motifs is 1. The van der Waals surface area contributed by atoms with E-state index < -0.39 is 12.2 Å². The molecule has 3 N–H and O–H groups in total. The van der Waals surface area contributed by atoms with Gasteiger partial charge < -0.3 is 20.3 Å². The molecule has 4 nitrogen and oxygen atoms in total. The minimum atomic E-state index is -1.17. The maximum absolute atomic E-state index is 13.6. The van der Waals surface area contributed by atoms with E-state index in [0.29, 0.717) is 35.8 Å². The first-order valence-corrected chi connectivity index (χ1v) is 6.07. The predicted molar refractivity (Wildman–Crippen MR) is 65.6 cm³/mol. The van der Waals surface area contributed by atoms with E-state index in [9.17, 15) is 4.39 Å². The van der Waals surface area contributed by atoms with Crippen LogP contribution >= 0.6 is 0 Å². The fourth-order valence-corrected chi connectivity index (χ4v) is 2.00. The number of benzene rings is 1. The quantitative estimate of drug-likeness (QED) is 0.865. The van der Waals surface area contributed by atoms with Crippen molar-refractivity contribution in [1.29, 1.82) is 0 Å². The Labute approximate surface area is 106 Å². The van der Waals surface area contributed by atoms with Crippen molar-refractivity contribution in [3.05, 3.63) is 23.3 Å². The van der Waals surface area contributed by atoms with Crippen LogP contribution in [0.15, 0.2) is 12.1 Å². The number of hydrogen-bond acceptors (Lipinski definition) is 4. The van der Waals surface area contributed by atoms with Crippen LogP contribution in [-0.2, 0) is 0 Å². The highest BCUT2D eigenvalue weighted by atomic mass is 19.1. The van der Waals surface area contributed by atoms with Gasteiger partial charge in [-0.25, -0.2) is 4.39 Å². The molecule has 2 atom stereocenters. The van der Waals surface area contributed by atoms with Gasteiger partial charge in [-0.2, -0.15) is 0 Å². The van der Waals surface area contributed by atoms with Crippen LogP contribution in [-0.4, -0.2) is 24.9 Å². The Morgan fingerprint density at radius 3 is 2.33 bits per heavy atom. The van der Waals surface area contributed by atoms with Crippen LogP contribution in [0.2, 0.25) is 0 Å². The smallest absolute Gasteiger partial charge is 0.161 e. The predicted octanol–water partition coefficient (Wildman–Crippen LogP) is 1.87. The van der Waals surface area contributed by atoms with E-state index >= 15 is 0 Å². The summed E-state index contributed by atoms with van der Waals surface area (Å²) in [6, 6.07) is 2.68. The van der Waals surface area contributed by atoms with Gasteiger partial charge in [0.1, 0.15) is 6.17 Å². The van der Waals surface area contributed by atoms with E-state index in [-0.39, 0.29) is 6.61 Å². The van der Waals surface area contributed by atoms with E-state index in [1.54, 1.807) is 12.1 Å². The van der Waals surface area contributed by atoms with E-state index in [2.05, 4.69) is 0 Å². The summed E-state index contributed by atoms with van der Waals surface area (Å²) < 4.78 is 24.7. The summed E-state index contributed by atoms with van der Waals surface area (Å²) >= 11 is 0. The van der Waals surface area contributed by atoms with Crippen molar-refractivity contribution in [1.82, 2.24) is 0 Å². The molecule has 0 saturated carbocycles. The maximum atomic E-state index is 13.6. The molecule has 1 aromatic carbocycles. The Kier molecular flexibility index (Phi) is 4.04. The number of rotatable bonds is 3. The lowest BCUT2D eigenvalue weighted by molar-refractivity contribution is 0.264. The SMILES string of the molecule is CC(F)c1cc2c(cc1C(N)CO)OCCCO2. The Balaban J connectivity index is 2.47. The number of alkyl halides is 1. The van der Waals surface area contributed by atoms with Gasteiger partial charge >= 0.3 is 0 Å². The van der Waals surface area contributed by atoms with Gasteiger partial charge in [0.2, 0.25) is 0 Å². The molecule has 0 aliphatic carbocycles. The zero-order valence-corrected chi connectivity index (χ0v) is 10.4. The van der Waals surface area contributed by atoms with Gasteiger partial charge in [0.15, 0.2) is 11.5 Å². The Hall–Kier alpha value is -1.33. The van der Waals surface area contributed by atoms with Crippen molar-refractivity contribution in [2.24, 2.45) is 5.73 Å². The maximum Gasteiger partial charge on any atom is 0.161 e. The van der Waals surface area contributed by atoms with Gasteiger partial charge in [0.05, 0.1) is 25.9 Å². The number of aliphatic hydroxyl groups is 1. The van der Waals surface area contributed by atoms with Crippen molar-refractivity contribution in [3.8, 4) is 11.5 Å². The molecule has 0 radical (unpaired) electrons. The van der Waals surface area contributed by atoms with Gasteiger partial charge in [-0.05, 0) is 30.2 Å². The number of aliphatic hydroxyl groups excluding tert-OH is 1. The van der Waals surface area contributed by atoms with Gasteiger partial charge in [-0.1, -0.05) is 0 Å². The highest BCUT2D eigenvalue weighted by molar-refractivity contribution is 5.49. The largest absolute Gasteiger partial charge is 0.490 e. The molecule has 1 aromatic rings. The number of halogens is 1. The van der Waals surface area contributed by atoms with Crippen molar-refractivity contribution >= 4 is 0 Å². The standard InChI is InChI=1S/C13H18FNO3/c1-8(14)9-5-12-13(18-4-2-3-17-12)6-10(9)11(15)7-16/h5-6,8,11,16H,2-4,7,15H2,1H3. The summed E-state index contributed by atoms with van der Waals surface area (Å²) in [6.45, 7) is 2.32. The number of ether oxygens (including phenoxy) is 2. The topological polar surface area (TPSA) is 64.7 Å². The molecule has 0 aromatic heterocycles. The highest BCUT2D eigenvalue weighted by Crippen LogP contribution is 2.37. The lowest BCUT2D eigenvalue weighted by atomic mass is 9.97. The fourth-order valence-electron chi connectivity index (χ4n) is 2.00. The number of hydrogen-bond donors (Lipinski definition) is 2. The molecule has 5 heteroatoms. The molecule has 100 valence electrons. The van der Waals surface area contributed by atoms with Crippen molar-refractivity contribution in [2.45, 2.75) is 25.6 Å². The second-order valence-electron chi connectivity index (χ2n) is 4.38. The first-order valence-electron chi connectivity index (χ1n) is 6.07. The average molecular weight is 255 g/mol. The van der Waals surface area contributed by atoms with Crippen LogP contribution in [0, 0.1) is 0 Å². The molecule has 0 fully saturated rings. The zero-order valence-electron chi connectivity index (χ0n) is 10.4. The highest BCUT2D eigenvalue weighted by Gasteiger charge is 2.21. The minimum absolute atomic E-state index is 0.237. The van der Waals surface area contributed by atoms with Crippen LogP contribution in [0.4, 0.5) is 4.39 Å². The van der Waals surface area contributed by atoms with Crippen molar-refractivity contribution in [2.75, 3.05) is 19.8 Å². The third-order valence-electron chi connectivity index (χ3n) is 2.98. The van der Waals surface area contributed by atoms with Crippen LogP contribution in [0.1, 0.15) is 36.7 Å². The minimum Gasteiger partial charge on any atom is -0.490 e. The zero-order chi connectivity index (χ0) is 13.1. The van der Waals surface area contributed by atoms with Gasteiger partial charge in [0.25, 0.3) is 0 Å². The summed E-state index contributed by atoms with van der Waals surface area (Å²) in [4.78, 5) is 0. The van der Waals surface area contributed by atoms with Crippen molar-refractivity contribution < 1.29 is 19.0 Å². The molecule has 18 heavy (non-hydrogen) atoms. The molecule has 1 aliphatic heterocycles. The Morgan fingerprint density at radius 2 is 1.83 bits per heavy atom. The molecule has 2 unspecified atom stereocenters. The molecule has 0 spiro atoms. The van der Waals surface area contributed by atoms with E-state index in [0.717, 1.165) is 6.42 Å². The fraction of sp³-hybridized carbons (Fsp3) is 0.538. The molecule has 0 bridgehead atoms. The molecular weight excluding hydrogens is 237 g/mol. The molecular formula is C13H18FNO3. The summed E-state index contributed by atoms with van der Waals surface area (Å²) in [5.41, 5.74) is 6.80. The van der Waals surface area contributed by atoms with E-state index in [1.807, 2.05) is 0 Å². The lowest BCUT2D eigenvalue weighted by Crippen LogP contribution is -2.17. The first-order chi connectivity index (χ1) is 8.63. The molecule has 0 amide bonds. The van der Waals surface area contributed by atoms with E-state index in [4.69, 9.17) is 20.3 Å². The second kappa shape index (κ2) is 5.54. The molecule has 2 rings (SSSR count). The van der Waals surface area contributed by atoms with Gasteiger partial charge in [0, 0.05) is 6.42 Å². The molecule has 1 heterocycles. The Morgan fingerprint density at radius 1 is 1.28 bits per heavy atom. The normalized spacial score (nSPS) is 18.0. The molecule has 0 saturated heterocycles. The summed E-state index contributed by atoms with van der Waals surface area (Å²) in [5.74, 6) is 1.11. The molecule has 1 aliphatic rings. The van der Waals surface area contributed by atoms with Crippen LogP contribution < -0.4 is 15.2 Å². The average Bonchev–Trinajstić information content (AvgIpc) is 2.60. The van der Waals surface area contributed by atoms with E-state index in [1.165, 1.54) is 6.92 Å². The lowest BCUT2D eigenvalue weighted by Gasteiger charge is -2.18. The second-order valence-corrected chi connectivity index (χ2v) is 4.38. The monoisotopic (exact) mass is 255 g/mol. The van der Waals surface area contributed by atoms with Crippen LogP contribution in [0.5, 0.6) is 11.5 Å². The summed E-state index contributed by atoms with van der Waals surface area (Å²) in [7, 11) is 0. The van der Waals surface area contributed by atoms with Crippen LogP contribution in [0.3, 0.4) is 0 Å². The third kappa shape index (κ3) is 2.57. The first kappa shape index (κ1) is 13.1. The Bertz CT molecular complexity index is 423. The number of nitrogens with two attached hydrogens (primary N) is 1. The van der Waals surface area contributed by atoms with Crippen LogP contribution in [0.25, 0.3) is 0 Å². The third-order valence-corrected chi connectivity index (χ3v) is 2.98. The van der Waals surface area contributed by atoms with Crippen molar-refractivity contribution in [3.63, 3.8) is 0 Å².